The van der Waals surface area contributed by atoms with E-state index < -0.39 is 6.10 Å². The SMILES string of the molecule is O=C1C(CO)OCCN1c1ccccc1Cl. The van der Waals surface area contributed by atoms with Gasteiger partial charge in [-0.2, -0.15) is 0 Å². The summed E-state index contributed by atoms with van der Waals surface area (Å²) < 4.78 is 5.15. The summed E-state index contributed by atoms with van der Waals surface area (Å²) in [5.41, 5.74) is 0.663. The Morgan fingerprint density at radius 2 is 2.25 bits per heavy atom. The zero-order chi connectivity index (χ0) is 11.5. The molecule has 16 heavy (non-hydrogen) atoms. The minimum Gasteiger partial charge on any atom is -0.393 e. The summed E-state index contributed by atoms with van der Waals surface area (Å²) in [5.74, 6) is -0.248. The first-order valence-corrected chi connectivity index (χ1v) is 5.40. The van der Waals surface area contributed by atoms with E-state index in [1.165, 1.54) is 0 Å². The summed E-state index contributed by atoms with van der Waals surface area (Å²) in [6, 6.07) is 7.13. The lowest BCUT2D eigenvalue weighted by Crippen LogP contribution is -2.49. The average molecular weight is 242 g/mol. The summed E-state index contributed by atoms with van der Waals surface area (Å²) in [5, 5.41) is 9.51. The van der Waals surface area contributed by atoms with Crippen LogP contribution >= 0.6 is 11.6 Å². The van der Waals surface area contributed by atoms with Crippen LogP contribution in [-0.4, -0.2) is 36.9 Å². The molecule has 1 aromatic rings. The molecule has 0 aliphatic carbocycles. The molecule has 1 atom stereocenters. The molecule has 1 aliphatic heterocycles. The smallest absolute Gasteiger partial charge is 0.258 e. The number of nitrogens with zero attached hydrogens (tertiary/aromatic N) is 1. The van der Waals surface area contributed by atoms with Crippen LogP contribution in [0, 0.1) is 0 Å². The molecule has 1 N–H and O–H groups in total. The number of anilines is 1. The van der Waals surface area contributed by atoms with Gasteiger partial charge in [-0.15, -0.1) is 0 Å². The van der Waals surface area contributed by atoms with E-state index in [0.717, 1.165) is 0 Å². The van der Waals surface area contributed by atoms with E-state index in [0.29, 0.717) is 23.9 Å². The predicted molar refractivity (Wildman–Crippen MR) is 60.6 cm³/mol. The van der Waals surface area contributed by atoms with Crippen LogP contribution in [0.5, 0.6) is 0 Å². The predicted octanol–water partition coefficient (Wildman–Crippen LogP) is 1.06. The highest BCUT2D eigenvalue weighted by Crippen LogP contribution is 2.27. The molecule has 1 aliphatic rings. The molecular weight excluding hydrogens is 230 g/mol. The maximum Gasteiger partial charge on any atom is 0.258 e. The lowest BCUT2D eigenvalue weighted by molar-refractivity contribution is -0.136. The van der Waals surface area contributed by atoms with Crippen molar-refractivity contribution in [2.75, 3.05) is 24.7 Å². The first kappa shape index (κ1) is 11.4. The zero-order valence-corrected chi connectivity index (χ0v) is 9.35. The number of hydrogen-bond acceptors (Lipinski definition) is 3. The number of benzene rings is 1. The number of aliphatic hydroxyl groups excluding tert-OH is 1. The first-order valence-electron chi connectivity index (χ1n) is 5.02. The van der Waals surface area contributed by atoms with Crippen molar-refractivity contribution < 1.29 is 14.6 Å². The highest BCUT2D eigenvalue weighted by atomic mass is 35.5. The van der Waals surface area contributed by atoms with E-state index in [1.807, 2.05) is 6.07 Å². The van der Waals surface area contributed by atoms with E-state index in [1.54, 1.807) is 23.1 Å². The molecule has 1 aromatic carbocycles. The Bertz CT molecular complexity index is 397. The van der Waals surface area contributed by atoms with Crippen molar-refractivity contribution in [1.82, 2.24) is 0 Å². The lowest BCUT2D eigenvalue weighted by atomic mass is 10.2. The van der Waals surface area contributed by atoms with Gasteiger partial charge < -0.3 is 14.7 Å². The number of halogens is 1. The summed E-state index contributed by atoms with van der Waals surface area (Å²) in [6.07, 6.45) is -0.773. The number of morpholine rings is 1. The number of carbonyl (C=O) groups excluding carboxylic acids is 1. The molecule has 0 bridgehead atoms. The van der Waals surface area contributed by atoms with Crippen LogP contribution in [0.15, 0.2) is 24.3 Å². The largest absolute Gasteiger partial charge is 0.393 e. The highest BCUT2D eigenvalue weighted by molar-refractivity contribution is 6.33. The van der Waals surface area contributed by atoms with Crippen LogP contribution in [0.4, 0.5) is 5.69 Å². The molecule has 1 saturated heterocycles. The molecule has 4 nitrogen and oxygen atoms in total. The number of ether oxygens (including phenoxy) is 1. The standard InChI is InChI=1S/C11H12ClNO3/c12-8-3-1-2-4-9(8)13-5-6-16-10(7-14)11(13)15/h1-4,10,14H,5-7H2. The third-order valence-electron chi connectivity index (χ3n) is 2.48. The summed E-state index contributed by atoms with van der Waals surface area (Å²) >= 11 is 6.02. The topological polar surface area (TPSA) is 49.8 Å². The normalized spacial score (nSPS) is 21.2. The number of amides is 1. The van der Waals surface area contributed by atoms with Gasteiger partial charge in [0.15, 0.2) is 6.10 Å². The van der Waals surface area contributed by atoms with Gasteiger partial charge in [0.1, 0.15) is 0 Å². The average Bonchev–Trinajstić information content (AvgIpc) is 2.31. The Balaban J connectivity index is 2.27. The van der Waals surface area contributed by atoms with Gasteiger partial charge in [-0.3, -0.25) is 4.79 Å². The molecule has 2 rings (SSSR count). The van der Waals surface area contributed by atoms with Gasteiger partial charge in [0, 0.05) is 6.54 Å². The fourth-order valence-electron chi connectivity index (χ4n) is 1.68. The third-order valence-corrected chi connectivity index (χ3v) is 2.80. The maximum absolute atomic E-state index is 11.9. The Morgan fingerprint density at radius 3 is 2.94 bits per heavy atom. The molecule has 0 saturated carbocycles. The van der Waals surface area contributed by atoms with Gasteiger partial charge in [0.25, 0.3) is 5.91 Å². The molecule has 1 fully saturated rings. The molecule has 1 heterocycles. The summed E-state index contributed by atoms with van der Waals surface area (Å²) in [4.78, 5) is 13.4. The Morgan fingerprint density at radius 1 is 1.50 bits per heavy atom. The van der Waals surface area contributed by atoms with Gasteiger partial charge in [0.2, 0.25) is 0 Å². The number of hydrogen-bond donors (Lipinski definition) is 1. The minimum absolute atomic E-state index is 0.248. The Kier molecular flexibility index (Phi) is 3.43. The molecule has 1 unspecified atom stereocenters. The Labute approximate surface area is 98.4 Å². The Hall–Kier alpha value is -1.10. The van der Waals surface area contributed by atoms with Gasteiger partial charge in [0.05, 0.1) is 23.9 Å². The number of para-hydroxylation sites is 1. The molecule has 0 radical (unpaired) electrons. The second kappa shape index (κ2) is 4.82. The van der Waals surface area contributed by atoms with Crippen LogP contribution in [0.2, 0.25) is 5.02 Å². The van der Waals surface area contributed by atoms with Crippen LogP contribution in [0.1, 0.15) is 0 Å². The van der Waals surface area contributed by atoms with E-state index >= 15 is 0 Å². The van der Waals surface area contributed by atoms with E-state index in [-0.39, 0.29) is 12.5 Å². The van der Waals surface area contributed by atoms with Crippen molar-refractivity contribution >= 4 is 23.2 Å². The number of rotatable bonds is 2. The molecule has 0 spiro atoms. The van der Waals surface area contributed by atoms with Gasteiger partial charge >= 0.3 is 0 Å². The number of carbonyl (C=O) groups is 1. The van der Waals surface area contributed by atoms with Gasteiger partial charge in [-0.05, 0) is 12.1 Å². The van der Waals surface area contributed by atoms with Crippen LogP contribution in [-0.2, 0) is 9.53 Å². The molecule has 5 heteroatoms. The summed E-state index contributed by atoms with van der Waals surface area (Å²) in [6.45, 7) is 0.557. The fourth-order valence-corrected chi connectivity index (χ4v) is 1.92. The van der Waals surface area contributed by atoms with Crippen molar-refractivity contribution in [2.24, 2.45) is 0 Å². The van der Waals surface area contributed by atoms with E-state index in [2.05, 4.69) is 0 Å². The van der Waals surface area contributed by atoms with Crippen molar-refractivity contribution in [3.63, 3.8) is 0 Å². The maximum atomic E-state index is 11.9. The quantitative estimate of drug-likeness (QED) is 0.843. The third kappa shape index (κ3) is 2.04. The van der Waals surface area contributed by atoms with Crippen molar-refractivity contribution in [3.05, 3.63) is 29.3 Å². The highest BCUT2D eigenvalue weighted by Gasteiger charge is 2.30. The molecule has 1 amide bonds. The van der Waals surface area contributed by atoms with Crippen LogP contribution in [0.25, 0.3) is 0 Å². The molecule has 0 aromatic heterocycles. The molecule has 86 valence electrons. The van der Waals surface area contributed by atoms with Crippen molar-refractivity contribution in [1.29, 1.82) is 0 Å². The number of aliphatic hydroxyl groups is 1. The van der Waals surface area contributed by atoms with Gasteiger partial charge in [-0.1, -0.05) is 23.7 Å². The minimum atomic E-state index is -0.773. The van der Waals surface area contributed by atoms with E-state index in [9.17, 15) is 4.79 Å². The lowest BCUT2D eigenvalue weighted by Gasteiger charge is -2.32. The first-order chi connectivity index (χ1) is 7.74. The molecular formula is C11H12ClNO3. The fraction of sp³-hybridized carbons (Fsp3) is 0.364. The zero-order valence-electron chi connectivity index (χ0n) is 8.60. The van der Waals surface area contributed by atoms with E-state index in [4.69, 9.17) is 21.4 Å². The van der Waals surface area contributed by atoms with Gasteiger partial charge in [-0.25, -0.2) is 0 Å². The monoisotopic (exact) mass is 241 g/mol. The second-order valence-corrected chi connectivity index (χ2v) is 3.89. The van der Waals surface area contributed by atoms with Crippen LogP contribution in [0.3, 0.4) is 0 Å². The summed E-state index contributed by atoms with van der Waals surface area (Å²) in [7, 11) is 0. The second-order valence-electron chi connectivity index (χ2n) is 3.48. The van der Waals surface area contributed by atoms with Crippen molar-refractivity contribution in [2.45, 2.75) is 6.10 Å². The van der Waals surface area contributed by atoms with Crippen molar-refractivity contribution in [3.8, 4) is 0 Å². The van der Waals surface area contributed by atoms with Crippen LogP contribution < -0.4 is 4.90 Å².